The molecule has 2 fully saturated rings. The van der Waals surface area contributed by atoms with Gasteiger partial charge in [-0.25, -0.2) is 0 Å². The molecule has 1 amide bonds. The lowest BCUT2D eigenvalue weighted by molar-refractivity contribution is -0.135. The highest BCUT2D eigenvalue weighted by Gasteiger charge is 2.36. The van der Waals surface area contributed by atoms with Crippen LogP contribution in [-0.4, -0.2) is 34.9 Å². The Morgan fingerprint density at radius 1 is 1.27 bits per heavy atom. The summed E-state index contributed by atoms with van der Waals surface area (Å²) in [6, 6.07) is 0. The first-order valence-corrected chi connectivity index (χ1v) is 11.4. The van der Waals surface area contributed by atoms with E-state index in [9.17, 15) is 4.79 Å². The average Bonchev–Trinajstić information content (AvgIpc) is 3.05. The first-order chi connectivity index (χ1) is 10.8. The van der Waals surface area contributed by atoms with E-state index >= 15 is 0 Å². The van der Waals surface area contributed by atoms with Crippen molar-refractivity contribution in [3.63, 3.8) is 0 Å². The number of carbonyl (C=O) groups excluding carboxylic acids is 1. The topological polar surface area (TPSA) is 20.3 Å². The second-order valence-electron chi connectivity index (χ2n) is 7.21. The molecule has 2 nitrogen and oxygen atoms in total. The molecule has 3 aliphatic rings. The molecular weight excluding hydrogens is 310 g/mol. The summed E-state index contributed by atoms with van der Waals surface area (Å²) in [5.74, 6) is 1.74. The number of amides is 1. The summed E-state index contributed by atoms with van der Waals surface area (Å²) >= 11 is 0. The number of piperidine rings is 1. The van der Waals surface area contributed by atoms with E-state index in [1.54, 1.807) is 0 Å². The average molecular weight is 340 g/mol. The fourth-order valence-electron chi connectivity index (χ4n) is 4.11. The number of unbranched alkanes of at least 4 members (excludes halogenated alkanes) is 1. The van der Waals surface area contributed by atoms with Gasteiger partial charge in [0.25, 0.3) is 0 Å². The van der Waals surface area contributed by atoms with Crippen LogP contribution in [-0.2, 0) is 4.79 Å². The van der Waals surface area contributed by atoms with Gasteiger partial charge in [-0.1, -0.05) is 40.2 Å². The van der Waals surface area contributed by atoms with Gasteiger partial charge in [-0.2, -0.15) is 0 Å². The van der Waals surface area contributed by atoms with Gasteiger partial charge in [-0.05, 0) is 56.8 Å². The Kier molecular flexibility index (Phi) is 6.20. The summed E-state index contributed by atoms with van der Waals surface area (Å²) in [6.45, 7) is 2.02. The van der Waals surface area contributed by atoms with Crippen molar-refractivity contribution in [2.45, 2.75) is 69.5 Å². The van der Waals surface area contributed by atoms with Crippen LogP contribution >= 0.6 is 21.6 Å². The summed E-state index contributed by atoms with van der Waals surface area (Å²) in [4.78, 5) is 14.7. The molecule has 0 aromatic rings. The molecule has 2 aliphatic heterocycles. The molecule has 0 unspecified atom stereocenters. The predicted octanol–water partition coefficient (Wildman–Crippen LogP) is 5.05. The zero-order chi connectivity index (χ0) is 15.3. The van der Waals surface area contributed by atoms with E-state index in [1.165, 1.54) is 57.1 Å². The Bertz CT molecular complexity index is 406. The van der Waals surface area contributed by atoms with E-state index < -0.39 is 0 Å². The minimum atomic E-state index is 0.417. The van der Waals surface area contributed by atoms with Crippen LogP contribution in [0.25, 0.3) is 0 Å². The molecule has 0 aromatic carbocycles. The molecule has 0 bridgehead atoms. The van der Waals surface area contributed by atoms with Crippen molar-refractivity contribution in [1.82, 2.24) is 4.90 Å². The molecule has 1 aliphatic carbocycles. The molecule has 2 heterocycles. The van der Waals surface area contributed by atoms with Crippen LogP contribution in [0.3, 0.4) is 0 Å². The Labute approximate surface area is 143 Å². The Morgan fingerprint density at radius 3 is 3.00 bits per heavy atom. The van der Waals surface area contributed by atoms with Gasteiger partial charge in [0.05, 0.1) is 0 Å². The van der Waals surface area contributed by atoms with Crippen LogP contribution in [0.1, 0.15) is 64.2 Å². The van der Waals surface area contributed by atoms with Gasteiger partial charge < -0.3 is 4.90 Å². The number of likely N-dealkylation sites (tertiary alicyclic amines) is 1. The van der Waals surface area contributed by atoms with Gasteiger partial charge in [0.1, 0.15) is 0 Å². The first kappa shape index (κ1) is 16.8. The van der Waals surface area contributed by atoms with Gasteiger partial charge in [-0.3, -0.25) is 4.79 Å². The Morgan fingerprint density at radius 2 is 2.23 bits per heavy atom. The largest absolute Gasteiger partial charge is 0.342 e. The molecule has 3 rings (SSSR count). The quantitative estimate of drug-likeness (QED) is 0.397. The summed E-state index contributed by atoms with van der Waals surface area (Å²) in [7, 11) is 4.08. The summed E-state index contributed by atoms with van der Waals surface area (Å²) in [5.41, 5.74) is 0.417. The monoisotopic (exact) mass is 339 g/mol. The standard InChI is InChI=1S/C18H29NOS2/c20-17(8-3-2-7-16-9-14-21-22-16)19-13-6-12-18(15-19)10-4-1-5-11-18/h1,4,16H,2-3,5-15H2/t16-,18-/m0/s1. The van der Waals surface area contributed by atoms with E-state index in [0.717, 1.165) is 31.2 Å². The number of hydrogen-bond donors (Lipinski definition) is 0. The van der Waals surface area contributed by atoms with Crippen molar-refractivity contribution in [3.05, 3.63) is 12.2 Å². The van der Waals surface area contributed by atoms with E-state index in [1.807, 2.05) is 10.8 Å². The summed E-state index contributed by atoms with van der Waals surface area (Å²) in [6.07, 6.45) is 16.6. The highest BCUT2D eigenvalue weighted by atomic mass is 33.1. The number of carbonyl (C=O) groups is 1. The molecule has 0 N–H and O–H groups in total. The summed E-state index contributed by atoms with van der Waals surface area (Å²) in [5, 5.41) is 0.854. The molecule has 0 aromatic heterocycles. The zero-order valence-corrected chi connectivity index (χ0v) is 15.2. The molecule has 0 saturated carbocycles. The molecule has 4 heteroatoms. The maximum atomic E-state index is 12.5. The highest BCUT2D eigenvalue weighted by Crippen LogP contribution is 2.41. The van der Waals surface area contributed by atoms with E-state index in [-0.39, 0.29) is 0 Å². The Balaban J connectivity index is 1.38. The smallest absolute Gasteiger partial charge is 0.222 e. The Hall–Kier alpha value is -0.0900. The fraction of sp³-hybridized carbons (Fsp3) is 0.833. The third-order valence-electron chi connectivity index (χ3n) is 5.47. The van der Waals surface area contributed by atoms with Crippen LogP contribution in [0.2, 0.25) is 0 Å². The highest BCUT2D eigenvalue weighted by molar-refractivity contribution is 8.77. The van der Waals surface area contributed by atoms with E-state index in [4.69, 9.17) is 0 Å². The van der Waals surface area contributed by atoms with Crippen LogP contribution in [0.4, 0.5) is 0 Å². The number of nitrogens with zero attached hydrogens (tertiary/aromatic N) is 1. The minimum absolute atomic E-state index is 0.417. The second kappa shape index (κ2) is 8.14. The van der Waals surface area contributed by atoms with Crippen molar-refractivity contribution in [2.75, 3.05) is 18.8 Å². The molecule has 2 atom stereocenters. The van der Waals surface area contributed by atoms with E-state index in [0.29, 0.717) is 11.3 Å². The van der Waals surface area contributed by atoms with Crippen LogP contribution in [0, 0.1) is 5.41 Å². The third-order valence-corrected chi connectivity index (χ3v) is 8.47. The van der Waals surface area contributed by atoms with Gasteiger partial charge >= 0.3 is 0 Å². The van der Waals surface area contributed by atoms with Crippen molar-refractivity contribution in [2.24, 2.45) is 5.41 Å². The van der Waals surface area contributed by atoms with Crippen molar-refractivity contribution < 1.29 is 4.79 Å². The SMILES string of the molecule is O=C(CCCC[C@H]1CCSS1)N1CCC[C@@]2(CC=CCC2)C1. The molecule has 2 saturated heterocycles. The lowest BCUT2D eigenvalue weighted by Gasteiger charge is -2.44. The maximum absolute atomic E-state index is 12.5. The van der Waals surface area contributed by atoms with E-state index in [2.05, 4.69) is 27.8 Å². The van der Waals surface area contributed by atoms with Crippen LogP contribution < -0.4 is 0 Å². The van der Waals surface area contributed by atoms with Gasteiger partial charge in [0, 0.05) is 30.5 Å². The number of hydrogen-bond acceptors (Lipinski definition) is 3. The van der Waals surface area contributed by atoms with Crippen molar-refractivity contribution >= 4 is 27.5 Å². The van der Waals surface area contributed by atoms with Gasteiger partial charge in [0.15, 0.2) is 0 Å². The lowest BCUT2D eigenvalue weighted by atomic mass is 9.71. The van der Waals surface area contributed by atoms with Crippen LogP contribution in [0.5, 0.6) is 0 Å². The van der Waals surface area contributed by atoms with Crippen molar-refractivity contribution in [1.29, 1.82) is 0 Å². The van der Waals surface area contributed by atoms with Crippen molar-refractivity contribution in [3.8, 4) is 0 Å². The summed E-state index contributed by atoms with van der Waals surface area (Å²) < 4.78 is 0. The molecule has 22 heavy (non-hydrogen) atoms. The fourth-order valence-corrected chi connectivity index (χ4v) is 7.13. The molecular formula is C18H29NOS2. The number of allylic oxidation sites excluding steroid dienone is 2. The second-order valence-corrected chi connectivity index (χ2v) is 10.00. The lowest BCUT2D eigenvalue weighted by Crippen LogP contribution is -2.46. The molecule has 0 radical (unpaired) electrons. The number of rotatable bonds is 5. The molecule has 1 spiro atoms. The zero-order valence-electron chi connectivity index (χ0n) is 13.6. The first-order valence-electron chi connectivity index (χ1n) is 8.99. The van der Waals surface area contributed by atoms with Gasteiger partial charge in [-0.15, -0.1) is 0 Å². The maximum Gasteiger partial charge on any atom is 0.222 e. The van der Waals surface area contributed by atoms with Crippen LogP contribution in [0.15, 0.2) is 12.2 Å². The normalized spacial score (nSPS) is 31.8. The molecule has 124 valence electrons. The third kappa shape index (κ3) is 4.47. The minimum Gasteiger partial charge on any atom is -0.342 e. The predicted molar refractivity (Wildman–Crippen MR) is 98.2 cm³/mol. The van der Waals surface area contributed by atoms with Gasteiger partial charge in [0.2, 0.25) is 5.91 Å².